The zero-order valence-electron chi connectivity index (χ0n) is 11.7. The molecule has 0 atom stereocenters. The van der Waals surface area contributed by atoms with Gasteiger partial charge in [0.1, 0.15) is 5.82 Å². The lowest BCUT2D eigenvalue weighted by atomic mass is 10.1. The van der Waals surface area contributed by atoms with Crippen LogP contribution in [-0.4, -0.2) is 24.2 Å². The molecule has 0 radical (unpaired) electrons. The first-order valence-electron chi connectivity index (χ1n) is 7.06. The van der Waals surface area contributed by atoms with Crippen LogP contribution in [0.2, 0.25) is 0 Å². The van der Waals surface area contributed by atoms with Crippen LogP contribution in [-0.2, 0) is 4.79 Å². The normalized spacial score (nSPS) is 14.7. The van der Waals surface area contributed by atoms with Crippen LogP contribution >= 0.6 is 0 Å². The Kier molecular flexibility index (Phi) is 4.77. The molecule has 0 spiro atoms. The van der Waals surface area contributed by atoms with Crippen LogP contribution in [0.4, 0.5) is 10.1 Å². The Balaban J connectivity index is 2.32. The molecule has 1 N–H and O–H groups in total. The zero-order chi connectivity index (χ0) is 14.5. The van der Waals surface area contributed by atoms with Gasteiger partial charge in [-0.15, -0.1) is 0 Å². The van der Waals surface area contributed by atoms with Gasteiger partial charge in [0.15, 0.2) is 0 Å². The number of carbonyl (C=O) groups is 1. The minimum Gasteiger partial charge on any atom is -0.478 e. The number of rotatable bonds is 7. The number of hydrogen-bond donors (Lipinski definition) is 1. The van der Waals surface area contributed by atoms with E-state index in [4.69, 9.17) is 5.11 Å². The van der Waals surface area contributed by atoms with Gasteiger partial charge in [-0.2, -0.15) is 0 Å². The summed E-state index contributed by atoms with van der Waals surface area (Å²) in [6, 6.07) is 4.80. The molecule has 108 valence electrons. The fraction of sp³-hybridized carbons (Fsp3) is 0.438. The predicted octanol–water partition coefficient (Wildman–Crippen LogP) is 3.55. The molecule has 1 fully saturated rings. The molecule has 1 aliphatic carbocycles. The van der Waals surface area contributed by atoms with Crippen LogP contribution in [0.5, 0.6) is 0 Å². The van der Waals surface area contributed by atoms with Crippen LogP contribution in [0.25, 0.3) is 6.08 Å². The van der Waals surface area contributed by atoms with Crippen molar-refractivity contribution in [3.05, 3.63) is 35.7 Å². The highest BCUT2D eigenvalue weighted by molar-refractivity contribution is 5.87. The molecule has 1 aromatic rings. The van der Waals surface area contributed by atoms with Gasteiger partial charge in [0.05, 0.1) is 5.69 Å². The molecule has 4 heteroatoms. The fourth-order valence-corrected chi connectivity index (χ4v) is 2.34. The number of halogens is 1. The lowest BCUT2D eigenvalue weighted by molar-refractivity contribution is -0.131. The standard InChI is InChI=1S/C16H20FNO2/c1-2-10-18(11-12-6-7-12)16-13(8-9-15(19)20)4-3-5-14(16)17/h3-5,8-9,12H,2,6-7,10-11H2,1H3,(H,19,20)/b9-8+. The van der Waals surface area contributed by atoms with Crippen LogP contribution in [0, 0.1) is 11.7 Å². The van der Waals surface area contributed by atoms with Crippen molar-refractivity contribution in [2.45, 2.75) is 26.2 Å². The average molecular weight is 277 g/mol. The molecular formula is C16H20FNO2. The number of benzene rings is 1. The van der Waals surface area contributed by atoms with E-state index < -0.39 is 5.97 Å². The van der Waals surface area contributed by atoms with E-state index in [1.165, 1.54) is 25.0 Å². The van der Waals surface area contributed by atoms with Crippen molar-refractivity contribution in [2.24, 2.45) is 5.92 Å². The van der Waals surface area contributed by atoms with Crippen molar-refractivity contribution in [3.63, 3.8) is 0 Å². The molecule has 0 unspecified atom stereocenters. The molecule has 0 aliphatic heterocycles. The predicted molar refractivity (Wildman–Crippen MR) is 78.3 cm³/mol. The average Bonchev–Trinajstić information content (AvgIpc) is 3.20. The fourth-order valence-electron chi connectivity index (χ4n) is 2.34. The SMILES string of the molecule is CCCN(CC1CC1)c1c(F)cccc1/C=C/C(=O)O. The van der Waals surface area contributed by atoms with Crippen molar-refractivity contribution in [1.29, 1.82) is 0 Å². The van der Waals surface area contributed by atoms with Gasteiger partial charge in [0.2, 0.25) is 0 Å². The molecule has 20 heavy (non-hydrogen) atoms. The summed E-state index contributed by atoms with van der Waals surface area (Å²) in [6.07, 6.45) is 5.86. The van der Waals surface area contributed by atoms with Crippen molar-refractivity contribution in [3.8, 4) is 0 Å². The van der Waals surface area contributed by atoms with Crippen LogP contribution in [0.1, 0.15) is 31.7 Å². The third kappa shape index (κ3) is 3.83. The van der Waals surface area contributed by atoms with E-state index in [9.17, 15) is 9.18 Å². The summed E-state index contributed by atoms with van der Waals surface area (Å²) in [7, 11) is 0. The van der Waals surface area contributed by atoms with Crippen molar-refractivity contribution < 1.29 is 14.3 Å². The summed E-state index contributed by atoms with van der Waals surface area (Å²) in [5.74, 6) is -0.659. The minimum atomic E-state index is -1.02. The number of para-hydroxylation sites is 1. The maximum Gasteiger partial charge on any atom is 0.328 e. The Labute approximate surface area is 118 Å². The highest BCUT2D eigenvalue weighted by Crippen LogP contribution is 2.34. The van der Waals surface area contributed by atoms with Crippen LogP contribution in [0.3, 0.4) is 0 Å². The molecule has 1 aliphatic rings. The van der Waals surface area contributed by atoms with Crippen molar-refractivity contribution in [2.75, 3.05) is 18.0 Å². The molecular weight excluding hydrogens is 257 g/mol. The number of carboxylic acids is 1. The monoisotopic (exact) mass is 277 g/mol. The van der Waals surface area contributed by atoms with E-state index in [-0.39, 0.29) is 5.82 Å². The molecule has 1 aromatic carbocycles. The van der Waals surface area contributed by atoms with Gasteiger partial charge in [-0.25, -0.2) is 9.18 Å². The highest BCUT2D eigenvalue weighted by atomic mass is 19.1. The minimum absolute atomic E-state index is 0.286. The Morgan fingerprint density at radius 2 is 2.25 bits per heavy atom. The summed E-state index contributed by atoms with van der Waals surface area (Å²) in [6.45, 7) is 3.70. The summed E-state index contributed by atoms with van der Waals surface area (Å²) in [4.78, 5) is 12.7. The zero-order valence-corrected chi connectivity index (χ0v) is 11.7. The topological polar surface area (TPSA) is 40.5 Å². The first-order chi connectivity index (χ1) is 9.61. The first-order valence-corrected chi connectivity index (χ1v) is 7.06. The summed E-state index contributed by atoms with van der Waals surface area (Å²) in [5.41, 5.74) is 1.15. The second-order valence-corrected chi connectivity index (χ2v) is 5.24. The molecule has 3 nitrogen and oxygen atoms in total. The number of nitrogens with zero attached hydrogens (tertiary/aromatic N) is 1. The smallest absolute Gasteiger partial charge is 0.328 e. The maximum absolute atomic E-state index is 14.2. The third-order valence-electron chi connectivity index (χ3n) is 3.41. The number of anilines is 1. The van der Waals surface area contributed by atoms with Crippen LogP contribution in [0.15, 0.2) is 24.3 Å². The second kappa shape index (κ2) is 6.55. The molecule has 0 saturated heterocycles. The largest absolute Gasteiger partial charge is 0.478 e. The van der Waals surface area contributed by atoms with Gasteiger partial charge < -0.3 is 10.0 Å². The van der Waals surface area contributed by atoms with Crippen molar-refractivity contribution in [1.82, 2.24) is 0 Å². The molecule has 0 amide bonds. The summed E-state index contributed by atoms with van der Waals surface area (Å²) in [5, 5.41) is 8.74. The second-order valence-electron chi connectivity index (χ2n) is 5.24. The number of hydrogen-bond acceptors (Lipinski definition) is 2. The van der Waals surface area contributed by atoms with Crippen molar-refractivity contribution >= 4 is 17.7 Å². The first kappa shape index (κ1) is 14.6. The lowest BCUT2D eigenvalue weighted by Gasteiger charge is -2.26. The summed E-state index contributed by atoms with van der Waals surface area (Å²) < 4.78 is 14.2. The van der Waals surface area contributed by atoms with E-state index in [2.05, 4.69) is 11.8 Å². The molecule has 2 rings (SSSR count). The highest BCUT2D eigenvalue weighted by Gasteiger charge is 2.26. The van der Waals surface area contributed by atoms with Gasteiger partial charge in [-0.05, 0) is 37.3 Å². The van der Waals surface area contributed by atoms with E-state index in [0.29, 0.717) is 17.2 Å². The Bertz CT molecular complexity index is 509. The van der Waals surface area contributed by atoms with E-state index in [1.54, 1.807) is 12.1 Å². The van der Waals surface area contributed by atoms with Gasteiger partial charge in [0, 0.05) is 24.7 Å². The maximum atomic E-state index is 14.2. The molecule has 0 aromatic heterocycles. The van der Waals surface area contributed by atoms with Gasteiger partial charge >= 0.3 is 5.97 Å². The molecule has 1 saturated carbocycles. The van der Waals surface area contributed by atoms with E-state index >= 15 is 0 Å². The lowest BCUT2D eigenvalue weighted by Crippen LogP contribution is -2.28. The van der Waals surface area contributed by atoms with Gasteiger partial charge in [-0.3, -0.25) is 0 Å². The number of carboxylic acid groups (broad SMARTS) is 1. The Morgan fingerprint density at radius 3 is 2.85 bits per heavy atom. The third-order valence-corrected chi connectivity index (χ3v) is 3.41. The van der Waals surface area contributed by atoms with E-state index in [0.717, 1.165) is 25.6 Å². The molecule has 0 bridgehead atoms. The molecule has 0 heterocycles. The Morgan fingerprint density at radius 1 is 1.50 bits per heavy atom. The summed E-state index contributed by atoms with van der Waals surface area (Å²) >= 11 is 0. The Hall–Kier alpha value is -1.84. The van der Waals surface area contributed by atoms with Gasteiger partial charge in [-0.1, -0.05) is 19.1 Å². The van der Waals surface area contributed by atoms with Gasteiger partial charge in [0.25, 0.3) is 0 Å². The quantitative estimate of drug-likeness (QED) is 0.775. The van der Waals surface area contributed by atoms with Crippen LogP contribution < -0.4 is 4.90 Å². The van der Waals surface area contributed by atoms with E-state index in [1.807, 2.05) is 0 Å². The number of aliphatic carboxylic acids is 1.